The molecule has 2 rings (SSSR count). The molecule has 2 aromatic rings. The van der Waals surface area contributed by atoms with Gasteiger partial charge in [-0.25, -0.2) is 9.73 Å². The van der Waals surface area contributed by atoms with Crippen LogP contribution in [0.2, 0.25) is 0 Å². The molecule has 0 fully saturated rings. The van der Waals surface area contributed by atoms with Crippen LogP contribution in [0.25, 0.3) is 11.3 Å². The zero-order valence-corrected chi connectivity index (χ0v) is 11.9. The van der Waals surface area contributed by atoms with Gasteiger partial charge in [0.05, 0.1) is 0 Å². The average Bonchev–Trinajstić information content (AvgIpc) is 2.30. The van der Waals surface area contributed by atoms with E-state index in [0.717, 1.165) is 11.3 Å². The van der Waals surface area contributed by atoms with Crippen molar-refractivity contribution in [2.45, 2.75) is 0 Å². The fourth-order valence-corrected chi connectivity index (χ4v) is 1.33. The fraction of sp³-hybridized carbons (Fsp3) is 0. The zero-order valence-electron chi connectivity index (χ0n) is 8.01. The normalized spacial score (nSPS) is 9.07. The molecule has 4 heteroatoms. The van der Waals surface area contributed by atoms with E-state index < -0.39 is 0 Å². The number of pyridine rings is 1. The summed E-state index contributed by atoms with van der Waals surface area (Å²) in [5, 5.41) is 0. The van der Waals surface area contributed by atoms with Crippen molar-refractivity contribution in [3.8, 4) is 11.3 Å². The summed E-state index contributed by atoms with van der Waals surface area (Å²) in [6.45, 7) is 0. The summed E-state index contributed by atoms with van der Waals surface area (Å²) in [4.78, 5) is 4.33. The second-order valence-electron chi connectivity index (χ2n) is 2.78. The molecule has 0 bridgehead atoms. The maximum Gasteiger partial charge on any atom is 0.156 e. The number of aromatic nitrogens is 1. The van der Waals surface area contributed by atoms with Gasteiger partial charge in [-0.05, 0) is 21.2 Å². The average molecular weight is 288 g/mol. The summed E-state index contributed by atoms with van der Waals surface area (Å²) in [5.41, 5.74) is 1.99. The minimum absolute atomic E-state index is 0. The molecule has 0 aliphatic rings. The van der Waals surface area contributed by atoms with Gasteiger partial charge in [-0.2, -0.15) is 30.3 Å². The summed E-state index contributed by atoms with van der Waals surface area (Å²) < 4.78 is 3.84. The molecule has 0 N–H and O–H groups in total. The Balaban J connectivity index is 0.00000112. The maximum atomic E-state index is 4.33. The van der Waals surface area contributed by atoms with Gasteiger partial charge >= 0.3 is 0 Å². The van der Waals surface area contributed by atoms with Gasteiger partial charge in [0.1, 0.15) is 0 Å². The first-order valence-corrected chi connectivity index (χ1v) is 4.66. The molecule has 1 heterocycles. The van der Waals surface area contributed by atoms with Crippen LogP contribution in [0.5, 0.6) is 0 Å². The molecule has 71 valence electrons. The first-order chi connectivity index (χ1) is 6.90. The van der Waals surface area contributed by atoms with E-state index in [-0.39, 0.29) is 32.7 Å². The van der Waals surface area contributed by atoms with E-state index >= 15 is 0 Å². The number of rotatable bonds is 2. The van der Waals surface area contributed by atoms with Crippen LogP contribution in [0.4, 0.5) is 5.82 Å². The van der Waals surface area contributed by atoms with Crippen LogP contribution in [0.1, 0.15) is 0 Å². The van der Waals surface area contributed by atoms with E-state index in [2.05, 4.69) is 24.8 Å². The van der Waals surface area contributed by atoms with Gasteiger partial charge in [-0.3, -0.25) is 0 Å². The van der Waals surface area contributed by atoms with E-state index in [1.807, 2.05) is 42.5 Å². The van der Waals surface area contributed by atoms with E-state index in [4.69, 9.17) is 0 Å². The molecule has 0 atom stereocenters. The van der Waals surface area contributed by atoms with Gasteiger partial charge in [-0.1, -0.05) is 6.07 Å². The van der Waals surface area contributed by atoms with Gasteiger partial charge in [-0.15, -0.1) is 5.56 Å². The number of nitrogens with zero attached hydrogens (tertiary/aromatic N) is 2. The first-order valence-electron chi connectivity index (χ1n) is 4.21. The standard InChI is InChI=1S/C11H8N2P.Y/c14-13-11-8-4-7-10(12-11)9-5-2-1-3-6-9;/h2-8,14H;/q-1;. The van der Waals surface area contributed by atoms with E-state index in [1.54, 1.807) is 0 Å². The Morgan fingerprint density at radius 2 is 1.87 bits per heavy atom. The van der Waals surface area contributed by atoms with E-state index in [1.165, 1.54) is 0 Å². The van der Waals surface area contributed by atoms with Gasteiger partial charge in [0.25, 0.3) is 0 Å². The third-order valence-electron chi connectivity index (χ3n) is 1.86. The number of hydrogen-bond donors (Lipinski definition) is 0. The zero-order chi connectivity index (χ0) is 9.80. The summed E-state index contributed by atoms with van der Waals surface area (Å²) in [5.74, 6) is 0.673. The van der Waals surface area contributed by atoms with Crippen LogP contribution >= 0.6 is 9.03 Å². The molecule has 1 aromatic carbocycles. The van der Waals surface area contributed by atoms with Crippen molar-refractivity contribution in [2.24, 2.45) is 4.74 Å². The predicted octanol–water partition coefficient (Wildman–Crippen LogP) is 3.50. The van der Waals surface area contributed by atoms with Crippen LogP contribution in [0.3, 0.4) is 0 Å². The molecule has 1 aromatic heterocycles. The molecule has 0 spiro atoms. The Morgan fingerprint density at radius 3 is 2.53 bits per heavy atom. The van der Waals surface area contributed by atoms with E-state index in [0.29, 0.717) is 5.82 Å². The summed E-state index contributed by atoms with van der Waals surface area (Å²) in [6.07, 6.45) is 0. The maximum absolute atomic E-state index is 4.33. The van der Waals surface area contributed by atoms with Crippen LogP contribution in [-0.4, -0.2) is 4.98 Å². The Morgan fingerprint density at radius 1 is 1.13 bits per heavy atom. The largest absolute Gasteiger partial charge is 0.231 e. The second-order valence-corrected chi connectivity index (χ2v) is 3.01. The van der Waals surface area contributed by atoms with Crippen molar-refractivity contribution in [2.75, 3.05) is 0 Å². The van der Waals surface area contributed by atoms with Crippen LogP contribution in [0, 0.1) is 6.07 Å². The molecule has 0 amide bonds. The molecule has 15 heavy (non-hydrogen) atoms. The van der Waals surface area contributed by atoms with Gasteiger partial charge in [0, 0.05) is 38.4 Å². The first kappa shape index (κ1) is 12.6. The van der Waals surface area contributed by atoms with Gasteiger partial charge in [0.2, 0.25) is 0 Å². The van der Waals surface area contributed by atoms with Crippen molar-refractivity contribution in [3.63, 3.8) is 0 Å². The SMILES string of the molecule is P=Nc1cccc(-c2cc[c-]cc2)n1.[Y]. The Kier molecular flexibility index (Phi) is 5.24. The van der Waals surface area contributed by atoms with Crippen molar-refractivity contribution < 1.29 is 32.7 Å². The molecule has 1 radical (unpaired) electrons. The molecule has 0 unspecified atom stereocenters. The third kappa shape index (κ3) is 3.27. The molecule has 2 nitrogen and oxygen atoms in total. The van der Waals surface area contributed by atoms with E-state index in [9.17, 15) is 0 Å². The summed E-state index contributed by atoms with van der Waals surface area (Å²) in [7, 11) is 3.07. The topological polar surface area (TPSA) is 25.2 Å². The molecular weight excluding hydrogens is 280 g/mol. The number of benzene rings is 1. The Bertz CT molecular complexity index is 445. The van der Waals surface area contributed by atoms with Crippen molar-refractivity contribution >= 4 is 14.8 Å². The van der Waals surface area contributed by atoms with Crippen molar-refractivity contribution in [1.82, 2.24) is 4.98 Å². The summed E-state index contributed by atoms with van der Waals surface area (Å²) >= 11 is 0. The van der Waals surface area contributed by atoms with Crippen molar-refractivity contribution in [3.05, 3.63) is 48.5 Å². The van der Waals surface area contributed by atoms with Gasteiger partial charge in [0.15, 0.2) is 5.82 Å². The molecular formula is C11H8N2PY-. The second kappa shape index (κ2) is 6.22. The fourth-order valence-electron chi connectivity index (χ4n) is 1.20. The van der Waals surface area contributed by atoms with Crippen LogP contribution in [-0.2, 0) is 32.7 Å². The smallest absolute Gasteiger partial charge is 0.156 e. The Labute approximate surface area is 116 Å². The number of hydrogen-bond acceptors (Lipinski definition) is 2. The van der Waals surface area contributed by atoms with Crippen LogP contribution < -0.4 is 0 Å². The Hall–Kier alpha value is -0.426. The molecule has 0 saturated carbocycles. The molecule has 0 aliphatic carbocycles. The minimum atomic E-state index is 0. The molecule has 0 saturated heterocycles. The summed E-state index contributed by atoms with van der Waals surface area (Å²) in [6, 6.07) is 16.4. The monoisotopic (exact) mass is 288 g/mol. The van der Waals surface area contributed by atoms with Crippen molar-refractivity contribution in [1.29, 1.82) is 0 Å². The predicted molar refractivity (Wildman–Crippen MR) is 58.9 cm³/mol. The minimum Gasteiger partial charge on any atom is -0.231 e. The molecule has 0 aliphatic heterocycles. The van der Waals surface area contributed by atoms with Crippen LogP contribution in [0.15, 0.2) is 47.2 Å². The van der Waals surface area contributed by atoms with Gasteiger partial charge < -0.3 is 0 Å². The quantitative estimate of drug-likeness (QED) is 0.613. The third-order valence-corrected chi connectivity index (χ3v) is 2.09.